The summed E-state index contributed by atoms with van der Waals surface area (Å²) in [5.41, 5.74) is 3.70. The molecular weight excluding hydrogens is 418 g/mol. The first kappa shape index (κ1) is 21.3. The predicted octanol–water partition coefficient (Wildman–Crippen LogP) is 4.89. The fourth-order valence-electron chi connectivity index (χ4n) is 3.35. The number of aromatic nitrogens is 3. The van der Waals surface area contributed by atoms with Gasteiger partial charge in [0.05, 0.1) is 11.8 Å². The number of rotatable bonds is 7. The minimum absolute atomic E-state index is 0.0106. The van der Waals surface area contributed by atoms with Gasteiger partial charge in [-0.05, 0) is 37.3 Å². The lowest BCUT2D eigenvalue weighted by molar-refractivity contribution is -0.116. The second-order valence-corrected chi connectivity index (χ2v) is 8.05. The van der Waals surface area contributed by atoms with Gasteiger partial charge in [0.25, 0.3) is 0 Å². The van der Waals surface area contributed by atoms with Crippen molar-refractivity contribution < 1.29 is 4.79 Å². The van der Waals surface area contributed by atoms with E-state index in [0.29, 0.717) is 16.7 Å². The first-order chi connectivity index (χ1) is 15.7. The molecule has 0 N–H and O–H groups in total. The van der Waals surface area contributed by atoms with Crippen molar-refractivity contribution in [2.24, 2.45) is 0 Å². The Kier molecular flexibility index (Phi) is 6.63. The summed E-state index contributed by atoms with van der Waals surface area (Å²) in [6.07, 6.45) is 0. The molecule has 7 heteroatoms. The molecule has 0 saturated carbocycles. The van der Waals surface area contributed by atoms with Crippen LogP contribution in [0.2, 0.25) is 0 Å². The molecule has 4 rings (SSSR count). The number of hydrogen-bond donors (Lipinski definition) is 0. The molecule has 1 aromatic heterocycles. The van der Waals surface area contributed by atoms with Gasteiger partial charge in [0, 0.05) is 16.9 Å². The summed E-state index contributed by atoms with van der Waals surface area (Å²) in [5, 5.41) is 18.6. The Balaban J connectivity index is 1.64. The van der Waals surface area contributed by atoms with Gasteiger partial charge in [-0.3, -0.25) is 14.3 Å². The lowest BCUT2D eigenvalue weighted by Crippen LogP contribution is -2.32. The van der Waals surface area contributed by atoms with E-state index in [1.54, 1.807) is 0 Å². The standard InChI is InChI=1S/C25H21N5OS/c1-19-9-8-10-20(17-19)24-27-28-25(30(24)22-13-6-3-7-14-22)32-18-23(31)29(16-15-26)21-11-4-2-5-12-21/h2-14,17H,16,18H2,1H3. The summed E-state index contributed by atoms with van der Waals surface area (Å²) in [5.74, 6) is 0.685. The van der Waals surface area contributed by atoms with E-state index in [4.69, 9.17) is 0 Å². The summed E-state index contributed by atoms with van der Waals surface area (Å²) in [6.45, 7) is 2.03. The van der Waals surface area contributed by atoms with Crippen LogP contribution in [0.3, 0.4) is 0 Å². The lowest BCUT2D eigenvalue weighted by Gasteiger charge is -2.19. The lowest BCUT2D eigenvalue weighted by atomic mass is 10.1. The Morgan fingerprint density at radius 3 is 2.41 bits per heavy atom. The molecule has 3 aromatic carbocycles. The maximum atomic E-state index is 13.0. The number of carbonyl (C=O) groups is 1. The molecule has 1 amide bonds. The van der Waals surface area contributed by atoms with Crippen LogP contribution in [0.4, 0.5) is 5.69 Å². The average Bonchev–Trinajstić information content (AvgIpc) is 3.26. The quantitative estimate of drug-likeness (QED) is 0.303. The topological polar surface area (TPSA) is 74.8 Å². The van der Waals surface area contributed by atoms with Crippen LogP contribution in [-0.2, 0) is 4.79 Å². The Labute approximate surface area is 191 Å². The van der Waals surface area contributed by atoms with Crippen LogP contribution < -0.4 is 4.90 Å². The van der Waals surface area contributed by atoms with Crippen molar-refractivity contribution in [2.75, 3.05) is 17.2 Å². The Hall–Kier alpha value is -3.89. The van der Waals surface area contributed by atoms with Crippen molar-refractivity contribution in [2.45, 2.75) is 12.1 Å². The van der Waals surface area contributed by atoms with Gasteiger partial charge in [-0.25, -0.2) is 0 Å². The van der Waals surface area contributed by atoms with E-state index in [0.717, 1.165) is 16.8 Å². The minimum atomic E-state index is -0.164. The van der Waals surface area contributed by atoms with Gasteiger partial charge < -0.3 is 0 Å². The SMILES string of the molecule is Cc1cccc(-c2nnc(SCC(=O)N(CC#N)c3ccccc3)n2-c2ccccc2)c1. The van der Waals surface area contributed by atoms with Crippen LogP contribution in [0.1, 0.15) is 5.56 Å². The third kappa shape index (κ3) is 4.71. The highest BCUT2D eigenvalue weighted by molar-refractivity contribution is 7.99. The largest absolute Gasteiger partial charge is 0.298 e. The van der Waals surface area contributed by atoms with Crippen LogP contribution >= 0.6 is 11.8 Å². The highest BCUT2D eigenvalue weighted by Gasteiger charge is 2.20. The molecule has 0 spiro atoms. The number of amides is 1. The summed E-state index contributed by atoms with van der Waals surface area (Å²) >= 11 is 1.31. The van der Waals surface area contributed by atoms with Crippen molar-refractivity contribution in [3.05, 3.63) is 90.5 Å². The molecular formula is C25H21N5OS. The highest BCUT2D eigenvalue weighted by atomic mass is 32.2. The molecule has 158 valence electrons. The molecule has 0 aliphatic rings. The Bertz CT molecular complexity index is 1250. The molecule has 0 atom stereocenters. The molecule has 1 heterocycles. The molecule has 0 unspecified atom stereocenters. The first-order valence-corrected chi connectivity index (χ1v) is 11.1. The average molecular weight is 440 g/mol. The van der Waals surface area contributed by atoms with E-state index in [2.05, 4.69) is 22.3 Å². The van der Waals surface area contributed by atoms with Crippen LogP contribution in [-0.4, -0.2) is 33.0 Å². The minimum Gasteiger partial charge on any atom is -0.298 e. The number of para-hydroxylation sites is 2. The number of anilines is 1. The number of nitriles is 1. The Morgan fingerprint density at radius 1 is 1.00 bits per heavy atom. The van der Waals surface area contributed by atoms with Crippen LogP contribution in [0.25, 0.3) is 17.1 Å². The molecule has 4 aromatic rings. The normalized spacial score (nSPS) is 10.5. The van der Waals surface area contributed by atoms with E-state index < -0.39 is 0 Å². The van der Waals surface area contributed by atoms with Gasteiger partial charge in [0.2, 0.25) is 5.91 Å². The second-order valence-electron chi connectivity index (χ2n) is 7.11. The van der Waals surface area contributed by atoms with Crippen molar-refractivity contribution in [1.29, 1.82) is 5.26 Å². The number of carbonyl (C=O) groups excluding carboxylic acids is 1. The van der Waals surface area contributed by atoms with Crippen LogP contribution in [0.5, 0.6) is 0 Å². The zero-order chi connectivity index (χ0) is 22.3. The summed E-state index contributed by atoms with van der Waals surface area (Å²) in [6, 6.07) is 29.2. The number of aryl methyl sites for hydroxylation is 1. The van der Waals surface area contributed by atoms with E-state index in [9.17, 15) is 10.1 Å². The molecule has 0 fully saturated rings. The zero-order valence-electron chi connectivity index (χ0n) is 17.5. The van der Waals surface area contributed by atoms with Gasteiger partial charge in [-0.1, -0.05) is 71.9 Å². The highest BCUT2D eigenvalue weighted by Crippen LogP contribution is 2.29. The van der Waals surface area contributed by atoms with E-state index in [-0.39, 0.29) is 18.2 Å². The fourth-order valence-corrected chi connectivity index (χ4v) is 4.18. The summed E-state index contributed by atoms with van der Waals surface area (Å²) < 4.78 is 1.96. The van der Waals surface area contributed by atoms with Crippen molar-refractivity contribution >= 4 is 23.4 Å². The third-order valence-corrected chi connectivity index (χ3v) is 5.76. The van der Waals surface area contributed by atoms with E-state index >= 15 is 0 Å². The van der Waals surface area contributed by atoms with E-state index in [1.165, 1.54) is 16.7 Å². The molecule has 32 heavy (non-hydrogen) atoms. The van der Waals surface area contributed by atoms with Crippen molar-refractivity contribution in [1.82, 2.24) is 14.8 Å². The van der Waals surface area contributed by atoms with Crippen molar-refractivity contribution in [3.8, 4) is 23.1 Å². The number of nitrogens with zero attached hydrogens (tertiary/aromatic N) is 5. The van der Waals surface area contributed by atoms with Gasteiger partial charge in [-0.15, -0.1) is 10.2 Å². The van der Waals surface area contributed by atoms with Gasteiger partial charge in [-0.2, -0.15) is 5.26 Å². The summed E-state index contributed by atoms with van der Waals surface area (Å²) in [7, 11) is 0. The Morgan fingerprint density at radius 2 is 1.72 bits per heavy atom. The monoisotopic (exact) mass is 439 g/mol. The van der Waals surface area contributed by atoms with Crippen LogP contribution in [0.15, 0.2) is 90.1 Å². The zero-order valence-corrected chi connectivity index (χ0v) is 18.4. The smallest absolute Gasteiger partial charge is 0.238 e. The van der Waals surface area contributed by atoms with Crippen LogP contribution in [0, 0.1) is 18.3 Å². The van der Waals surface area contributed by atoms with Crippen molar-refractivity contribution in [3.63, 3.8) is 0 Å². The molecule has 0 bridgehead atoms. The number of thioether (sulfide) groups is 1. The third-order valence-electron chi connectivity index (χ3n) is 4.85. The van der Waals surface area contributed by atoms with Gasteiger partial charge in [0.1, 0.15) is 6.54 Å². The van der Waals surface area contributed by atoms with Gasteiger partial charge in [0.15, 0.2) is 11.0 Å². The fraction of sp³-hybridized carbons (Fsp3) is 0.120. The molecule has 0 aliphatic carbocycles. The number of benzene rings is 3. The van der Waals surface area contributed by atoms with Gasteiger partial charge >= 0.3 is 0 Å². The maximum absolute atomic E-state index is 13.0. The van der Waals surface area contributed by atoms with E-state index in [1.807, 2.05) is 90.4 Å². The first-order valence-electron chi connectivity index (χ1n) is 10.1. The predicted molar refractivity (Wildman–Crippen MR) is 127 cm³/mol. The summed E-state index contributed by atoms with van der Waals surface area (Å²) in [4.78, 5) is 14.5. The second kappa shape index (κ2) is 9.94. The maximum Gasteiger partial charge on any atom is 0.238 e. The molecule has 0 aliphatic heterocycles. The number of hydrogen-bond acceptors (Lipinski definition) is 5. The molecule has 6 nitrogen and oxygen atoms in total. The molecule has 0 saturated heterocycles. The molecule has 0 radical (unpaired) electrons.